The summed E-state index contributed by atoms with van der Waals surface area (Å²) >= 11 is 7.34. The molecule has 2 aliphatic rings. The van der Waals surface area contributed by atoms with Crippen molar-refractivity contribution < 1.29 is 13.9 Å². The van der Waals surface area contributed by atoms with Crippen molar-refractivity contribution in [3.63, 3.8) is 0 Å². The van der Waals surface area contributed by atoms with Crippen LogP contribution in [0.1, 0.15) is 18.4 Å². The van der Waals surface area contributed by atoms with Crippen molar-refractivity contribution >= 4 is 40.1 Å². The number of halogens is 2. The Labute approximate surface area is 182 Å². The summed E-state index contributed by atoms with van der Waals surface area (Å²) in [4.78, 5) is 15.3. The molecule has 156 valence electrons. The maximum absolute atomic E-state index is 14.7. The second-order valence-electron chi connectivity index (χ2n) is 7.36. The molecule has 9 heteroatoms. The van der Waals surface area contributed by atoms with E-state index in [0.717, 1.165) is 12.8 Å². The van der Waals surface area contributed by atoms with Crippen LogP contribution in [0.5, 0.6) is 5.88 Å². The van der Waals surface area contributed by atoms with Gasteiger partial charge in [-0.3, -0.25) is 0 Å². The number of hydrogen-bond acceptors (Lipinski definition) is 7. The zero-order chi connectivity index (χ0) is 20.7. The Kier molecular flexibility index (Phi) is 5.39. The number of benzene rings is 1. The van der Waals surface area contributed by atoms with Crippen molar-refractivity contribution in [2.75, 3.05) is 24.3 Å². The van der Waals surface area contributed by atoms with E-state index in [-0.39, 0.29) is 28.7 Å². The number of thioether (sulfide) groups is 1. The van der Waals surface area contributed by atoms with E-state index in [0.29, 0.717) is 36.1 Å². The predicted octanol–water partition coefficient (Wildman–Crippen LogP) is 4.49. The highest BCUT2D eigenvalue weighted by Crippen LogP contribution is 2.41. The number of nitrogens with zero attached hydrogens (tertiary/aromatic N) is 4. The lowest BCUT2D eigenvalue weighted by molar-refractivity contribution is -0.0209. The van der Waals surface area contributed by atoms with Crippen molar-refractivity contribution in [2.24, 2.45) is 0 Å². The van der Waals surface area contributed by atoms with Crippen LogP contribution in [0, 0.1) is 5.82 Å². The van der Waals surface area contributed by atoms with Gasteiger partial charge in [0.2, 0.25) is 5.88 Å². The van der Waals surface area contributed by atoms with E-state index >= 15 is 0 Å². The fraction of sp³-hybridized carbons (Fsp3) is 0.381. The van der Waals surface area contributed by atoms with Crippen molar-refractivity contribution in [3.8, 4) is 5.88 Å². The molecule has 0 spiro atoms. The van der Waals surface area contributed by atoms with Crippen molar-refractivity contribution in [3.05, 3.63) is 46.9 Å². The third-order valence-corrected chi connectivity index (χ3v) is 6.33. The van der Waals surface area contributed by atoms with Crippen LogP contribution in [0.25, 0.3) is 10.9 Å². The number of ether oxygens (including phenoxy) is 2. The molecule has 0 atom stereocenters. The van der Waals surface area contributed by atoms with Gasteiger partial charge in [0.1, 0.15) is 23.3 Å². The van der Waals surface area contributed by atoms with Crippen molar-refractivity contribution in [2.45, 2.75) is 36.8 Å². The number of pyridine rings is 1. The first-order valence-corrected chi connectivity index (χ1v) is 11.4. The van der Waals surface area contributed by atoms with Crippen LogP contribution in [-0.4, -0.2) is 46.5 Å². The molecule has 1 saturated carbocycles. The molecule has 3 heterocycles. The Morgan fingerprint density at radius 1 is 1.23 bits per heavy atom. The molecule has 1 aliphatic heterocycles. The molecule has 1 aliphatic carbocycles. The summed E-state index contributed by atoms with van der Waals surface area (Å²) in [7, 11) is 0. The van der Waals surface area contributed by atoms with Crippen LogP contribution in [0.2, 0.25) is 5.15 Å². The minimum atomic E-state index is -0.641. The Bertz CT molecular complexity index is 1080. The van der Waals surface area contributed by atoms with Gasteiger partial charge in [-0.15, -0.1) is 0 Å². The van der Waals surface area contributed by atoms with Crippen LogP contribution in [-0.2, 0) is 11.3 Å². The number of aromatic nitrogens is 3. The predicted molar refractivity (Wildman–Crippen MR) is 115 cm³/mol. The van der Waals surface area contributed by atoms with Crippen LogP contribution < -0.4 is 9.64 Å². The molecular formula is C21H20ClFN4O2S. The van der Waals surface area contributed by atoms with Gasteiger partial charge >= 0.3 is 0 Å². The van der Waals surface area contributed by atoms with Crippen molar-refractivity contribution in [1.82, 2.24) is 15.0 Å². The highest BCUT2D eigenvalue weighted by molar-refractivity contribution is 7.98. The largest absolute Gasteiger partial charge is 0.475 e. The van der Waals surface area contributed by atoms with E-state index in [2.05, 4.69) is 27.0 Å². The van der Waals surface area contributed by atoms with Gasteiger partial charge < -0.3 is 14.4 Å². The Morgan fingerprint density at radius 2 is 2.03 bits per heavy atom. The molecule has 2 aromatic heterocycles. The monoisotopic (exact) mass is 446 g/mol. The molecule has 30 heavy (non-hydrogen) atoms. The number of hydrogen-bond donors (Lipinski definition) is 0. The molecule has 0 saturated heterocycles. The SMILES string of the molecule is CSc1nc2c3c(nc(Cl)c(F)c3n1)OCCN2C1CC(OCc2ccccc2)C1. The topological polar surface area (TPSA) is 60.4 Å². The third-order valence-electron chi connectivity index (χ3n) is 5.54. The van der Waals surface area contributed by atoms with Crippen LogP contribution in [0.4, 0.5) is 10.2 Å². The molecule has 3 aromatic rings. The molecule has 0 radical (unpaired) electrons. The van der Waals surface area contributed by atoms with Crippen molar-refractivity contribution in [1.29, 1.82) is 0 Å². The lowest BCUT2D eigenvalue weighted by atomic mass is 9.87. The minimum Gasteiger partial charge on any atom is -0.475 e. The summed E-state index contributed by atoms with van der Waals surface area (Å²) in [6.45, 7) is 1.65. The average Bonchev–Trinajstić information content (AvgIpc) is 2.91. The summed E-state index contributed by atoms with van der Waals surface area (Å²) in [6, 6.07) is 10.4. The van der Waals surface area contributed by atoms with Gasteiger partial charge in [0, 0.05) is 6.04 Å². The Morgan fingerprint density at radius 3 is 2.80 bits per heavy atom. The molecule has 0 bridgehead atoms. The average molecular weight is 447 g/mol. The smallest absolute Gasteiger partial charge is 0.228 e. The third kappa shape index (κ3) is 3.57. The molecule has 0 amide bonds. The lowest BCUT2D eigenvalue weighted by Crippen LogP contribution is -2.49. The fourth-order valence-electron chi connectivity index (χ4n) is 3.90. The molecule has 0 unspecified atom stereocenters. The zero-order valence-corrected chi connectivity index (χ0v) is 17.9. The van der Waals surface area contributed by atoms with Gasteiger partial charge in [0.15, 0.2) is 16.1 Å². The summed E-state index contributed by atoms with van der Waals surface area (Å²) < 4.78 is 26.6. The molecule has 0 N–H and O–H groups in total. The standard InChI is InChI=1S/C21H20ClFN4O2S/c1-30-21-24-17-15-19(26-21)27(7-8-28-20(15)25-18(22)16(17)23)13-9-14(10-13)29-11-12-5-3-2-4-6-12/h2-6,13-14H,7-11H2,1H3. The minimum absolute atomic E-state index is 0.155. The van der Waals surface area contributed by atoms with Gasteiger partial charge in [-0.2, -0.15) is 4.98 Å². The second kappa shape index (κ2) is 8.17. The summed E-state index contributed by atoms with van der Waals surface area (Å²) in [5, 5.41) is 0.745. The molecule has 1 fully saturated rings. The van der Waals surface area contributed by atoms with E-state index in [4.69, 9.17) is 26.1 Å². The summed E-state index contributed by atoms with van der Waals surface area (Å²) in [5.74, 6) is 0.307. The summed E-state index contributed by atoms with van der Waals surface area (Å²) in [6.07, 6.45) is 3.82. The van der Waals surface area contributed by atoms with Gasteiger partial charge in [0.25, 0.3) is 0 Å². The van der Waals surface area contributed by atoms with Crippen LogP contribution in [0.15, 0.2) is 35.5 Å². The van der Waals surface area contributed by atoms with E-state index in [9.17, 15) is 4.39 Å². The van der Waals surface area contributed by atoms with Gasteiger partial charge in [-0.25, -0.2) is 14.4 Å². The summed E-state index contributed by atoms with van der Waals surface area (Å²) in [5.41, 5.74) is 1.32. The first kappa shape index (κ1) is 19.8. The first-order valence-electron chi connectivity index (χ1n) is 9.79. The van der Waals surface area contributed by atoms with Crippen LogP contribution in [0.3, 0.4) is 0 Å². The normalized spacial score (nSPS) is 20.6. The quantitative estimate of drug-likeness (QED) is 0.325. The van der Waals surface area contributed by atoms with Crippen LogP contribution >= 0.6 is 23.4 Å². The lowest BCUT2D eigenvalue weighted by Gasteiger charge is -2.43. The maximum atomic E-state index is 14.7. The van der Waals surface area contributed by atoms with Gasteiger partial charge in [0.05, 0.1) is 19.3 Å². The first-order chi connectivity index (χ1) is 14.6. The van der Waals surface area contributed by atoms with Gasteiger partial charge in [-0.1, -0.05) is 53.7 Å². The number of anilines is 1. The second-order valence-corrected chi connectivity index (χ2v) is 8.50. The highest BCUT2D eigenvalue weighted by Gasteiger charge is 2.38. The molecule has 1 aromatic carbocycles. The maximum Gasteiger partial charge on any atom is 0.228 e. The highest BCUT2D eigenvalue weighted by atomic mass is 35.5. The molecular weight excluding hydrogens is 427 g/mol. The van der Waals surface area contributed by atoms with E-state index in [1.807, 2.05) is 24.5 Å². The zero-order valence-electron chi connectivity index (χ0n) is 16.3. The number of rotatable bonds is 5. The van der Waals surface area contributed by atoms with E-state index < -0.39 is 5.82 Å². The molecule has 6 nitrogen and oxygen atoms in total. The van der Waals surface area contributed by atoms with Gasteiger partial charge in [-0.05, 0) is 24.7 Å². The Hall–Kier alpha value is -2.16. The molecule has 5 rings (SSSR count). The Balaban J connectivity index is 1.40. The van der Waals surface area contributed by atoms with E-state index in [1.165, 1.54) is 17.3 Å². The fourth-order valence-corrected chi connectivity index (χ4v) is 4.43. The van der Waals surface area contributed by atoms with E-state index in [1.54, 1.807) is 0 Å².